The molecule has 14 heavy (non-hydrogen) atoms. The van der Waals surface area contributed by atoms with Crippen molar-refractivity contribution in [2.24, 2.45) is 0 Å². The Kier molecular flexibility index (Phi) is 2.83. The van der Waals surface area contributed by atoms with Crippen LogP contribution >= 0.6 is 0 Å². The SMILES string of the molecule is CCCC1=CCC(c2ccccc2)=C1. The first-order valence-electron chi connectivity index (χ1n) is 5.35. The third-order valence-corrected chi connectivity index (χ3v) is 2.63. The maximum Gasteiger partial charge on any atom is -0.00856 e. The molecule has 1 aliphatic rings. The Morgan fingerprint density at radius 3 is 2.64 bits per heavy atom. The summed E-state index contributed by atoms with van der Waals surface area (Å²) < 4.78 is 0. The van der Waals surface area contributed by atoms with Crippen molar-refractivity contribution in [2.45, 2.75) is 26.2 Å². The van der Waals surface area contributed by atoms with E-state index in [1.807, 2.05) is 0 Å². The Morgan fingerprint density at radius 1 is 1.14 bits per heavy atom. The molecule has 0 radical (unpaired) electrons. The van der Waals surface area contributed by atoms with Gasteiger partial charge in [0.15, 0.2) is 0 Å². The molecule has 0 bridgehead atoms. The number of rotatable bonds is 3. The highest BCUT2D eigenvalue weighted by atomic mass is 14.1. The monoisotopic (exact) mass is 184 g/mol. The van der Waals surface area contributed by atoms with E-state index in [-0.39, 0.29) is 0 Å². The molecule has 0 atom stereocenters. The van der Waals surface area contributed by atoms with Crippen LogP contribution in [0.5, 0.6) is 0 Å². The van der Waals surface area contributed by atoms with Crippen molar-refractivity contribution in [3.8, 4) is 0 Å². The van der Waals surface area contributed by atoms with Crippen LogP contribution in [0.3, 0.4) is 0 Å². The molecule has 1 aliphatic carbocycles. The van der Waals surface area contributed by atoms with Gasteiger partial charge in [0.25, 0.3) is 0 Å². The Bertz CT molecular complexity index is 355. The lowest BCUT2D eigenvalue weighted by molar-refractivity contribution is 0.927. The summed E-state index contributed by atoms with van der Waals surface area (Å²) in [6, 6.07) is 10.7. The Labute approximate surface area is 86.0 Å². The lowest BCUT2D eigenvalue weighted by Crippen LogP contribution is -1.78. The first-order valence-corrected chi connectivity index (χ1v) is 5.35. The van der Waals surface area contributed by atoms with Gasteiger partial charge in [0.05, 0.1) is 0 Å². The molecular formula is C14H16. The van der Waals surface area contributed by atoms with Crippen LogP contribution in [0, 0.1) is 0 Å². The maximum atomic E-state index is 2.35. The van der Waals surface area contributed by atoms with Crippen molar-refractivity contribution in [1.82, 2.24) is 0 Å². The highest BCUT2D eigenvalue weighted by Crippen LogP contribution is 2.28. The molecule has 0 saturated carbocycles. The summed E-state index contributed by atoms with van der Waals surface area (Å²) in [6.45, 7) is 2.23. The van der Waals surface area contributed by atoms with E-state index < -0.39 is 0 Å². The van der Waals surface area contributed by atoms with Crippen molar-refractivity contribution in [2.75, 3.05) is 0 Å². The Morgan fingerprint density at radius 2 is 1.93 bits per heavy atom. The molecule has 0 fully saturated rings. The van der Waals surface area contributed by atoms with Crippen LogP contribution in [0.2, 0.25) is 0 Å². The van der Waals surface area contributed by atoms with Gasteiger partial charge in [0, 0.05) is 0 Å². The van der Waals surface area contributed by atoms with Gasteiger partial charge in [-0.2, -0.15) is 0 Å². The minimum atomic E-state index is 1.11. The number of allylic oxidation sites excluding steroid dienone is 4. The van der Waals surface area contributed by atoms with E-state index in [1.54, 1.807) is 0 Å². The molecule has 72 valence electrons. The molecule has 0 saturated heterocycles. The van der Waals surface area contributed by atoms with Crippen molar-refractivity contribution in [3.05, 3.63) is 53.6 Å². The topological polar surface area (TPSA) is 0 Å². The average Bonchev–Trinajstić information content (AvgIpc) is 2.68. The first-order chi connectivity index (χ1) is 6.90. The van der Waals surface area contributed by atoms with Gasteiger partial charge in [0.1, 0.15) is 0 Å². The Balaban J connectivity index is 2.13. The zero-order chi connectivity index (χ0) is 9.80. The summed E-state index contributed by atoms with van der Waals surface area (Å²) in [5, 5.41) is 0. The van der Waals surface area contributed by atoms with E-state index in [9.17, 15) is 0 Å². The van der Waals surface area contributed by atoms with Crippen LogP contribution in [-0.4, -0.2) is 0 Å². The molecule has 0 nitrogen and oxygen atoms in total. The second-order valence-electron chi connectivity index (χ2n) is 3.77. The maximum absolute atomic E-state index is 2.35. The molecule has 0 heterocycles. The zero-order valence-electron chi connectivity index (χ0n) is 8.66. The predicted octanol–water partition coefficient (Wildman–Crippen LogP) is 4.20. The molecule has 0 N–H and O–H groups in total. The molecule has 0 amide bonds. The van der Waals surface area contributed by atoms with E-state index in [0.717, 1.165) is 6.42 Å². The third-order valence-electron chi connectivity index (χ3n) is 2.63. The highest BCUT2D eigenvalue weighted by molar-refractivity contribution is 5.72. The van der Waals surface area contributed by atoms with Crippen molar-refractivity contribution >= 4 is 5.57 Å². The molecule has 0 spiro atoms. The fourth-order valence-corrected chi connectivity index (χ4v) is 1.90. The second-order valence-corrected chi connectivity index (χ2v) is 3.77. The van der Waals surface area contributed by atoms with Crippen LogP contribution in [0.1, 0.15) is 31.7 Å². The summed E-state index contributed by atoms with van der Waals surface area (Å²) in [5.74, 6) is 0. The highest BCUT2D eigenvalue weighted by Gasteiger charge is 2.06. The molecule has 0 aliphatic heterocycles. The normalized spacial score (nSPS) is 15.2. The number of hydrogen-bond acceptors (Lipinski definition) is 0. The molecule has 0 aromatic heterocycles. The standard InChI is InChI=1S/C14H16/c1-2-6-12-9-10-14(11-12)13-7-4-3-5-8-13/h3-5,7-9,11H,2,6,10H2,1H3. The largest absolute Gasteiger partial charge is 0.0769 e. The fraction of sp³-hybridized carbons (Fsp3) is 0.286. The summed E-state index contributed by atoms with van der Waals surface area (Å²) in [6.07, 6.45) is 8.27. The third kappa shape index (κ3) is 1.95. The lowest BCUT2D eigenvalue weighted by Gasteiger charge is -1.99. The van der Waals surface area contributed by atoms with E-state index in [2.05, 4.69) is 49.4 Å². The smallest absolute Gasteiger partial charge is 0.00856 e. The first kappa shape index (κ1) is 9.26. The summed E-state index contributed by atoms with van der Waals surface area (Å²) in [5.41, 5.74) is 4.34. The van der Waals surface area contributed by atoms with Crippen LogP contribution in [0.4, 0.5) is 0 Å². The van der Waals surface area contributed by atoms with Crippen molar-refractivity contribution < 1.29 is 0 Å². The second kappa shape index (κ2) is 4.28. The van der Waals surface area contributed by atoms with Gasteiger partial charge in [-0.3, -0.25) is 0 Å². The number of benzene rings is 1. The van der Waals surface area contributed by atoms with Gasteiger partial charge in [-0.05, 0) is 24.0 Å². The molecule has 2 rings (SSSR count). The zero-order valence-corrected chi connectivity index (χ0v) is 8.66. The van der Waals surface area contributed by atoms with E-state index in [4.69, 9.17) is 0 Å². The van der Waals surface area contributed by atoms with Gasteiger partial charge in [-0.25, -0.2) is 0 Å². The van der Waals surface area contributed by atoms with Crippen molar-refractivity contribution in [1.29, 1.82) is 0 Å². The molecule has 1 aromatic carbocycles. The van der Waals surface area contributed by atoms with Crippen LogP contribution in [0.15, 0.2) is 48.1 Å². The van der Waals surface area contributed by atoms with Gasteiger partial charge >= 0.3 is 0 Å². The molecular weight excluding hydrogens is 168 g/mol. The van der Waals surface area contributed by atoms with E-state index in [0.29, 0.717) is 0 Å². The van der Waals surface area contributed by atoms with E-state index in [1.165, 1.54) is 29.6 Å². The van der Waals surface area contributed by atoms with Gasteiger partial charge < -0.3 is 0 Å². The quantitative estimate of drug-likeness (QED) is 0.660. The van der Waals surface area contributed by atoms with Gasteiger partial charge in [0.2, 0.25) is 0 Å². The minimum absolute atomic E-state index is 1.11. The summed E-state index contributed by atoms with van der Waals surface area (Å²) in [7, 11) is 0. The van der Waals surface area contributed by atoms with Crippen LogP contribution in [-0.2, 0) is 0 Å². The minimum Gasteiger partial charge on any atom is -0.0769 e. The van der Waals surface area contributed by atoms with E-state index >= 15 is 0 Å². The van der Waals surface area contributed by atoms with Crippen molar-refractivity contribution in [3.63, 3.8) is 0 Å². The Hall–Kier alpha value is -1.30. The van der Waals surface area contributed by atoms with Gasteiger partial charge in [-0.15, -0.1) is 0 Å². The van der Waals surface area contributed by atoms with Gasteiger partial charge in [-0.1, -0.05) is 61.4 Å². The number of hydrogen-bond donors (Lipinski definition) is 0. The predicted molar refractivity (Wildman–Crippen MR) is 62.0 cm³/mol. The lowest BCUT2D eigenvalue weighted by atomic mass is 10.1. The van der Waals surface area contributed by atoms with Crippen LogP contribution in [0.25, 0.3) is 5.57 Å². The fourth-order valence-electron chi connectivity index (χ4n) is 1.90. The molecule has 1 aromatic rings. The average molecular weight is 184 g/mol. The summed E-state index contributed by atoms with van der Waals surface area (Å²) >= 11 is 0. The summed E-state index contributed by atoms with van der Waals surface area (Å²) in [4.78, 5) is 0. The molecule has 0 unspecified atom stereocenters. The molecule has 0 heteroatoms. The van der Waals surface area contributed by atoms with Crippen LogP contribution < -0.4 is 0 Å².